The van der Waals surface area contributed by atoms with Crippen molar-refractivity contribution in [2.75, 3.05) is 6.54 Å². The van der Waals surface area contributed by atoms with Crippen LogP contribution in [-0.4, -0.2) is 32.7 Å². The lowest BCUT2D eigenvalue weighted by molar-refractivity contribution is 0.0694. The molecule has 0 aliphatic carbocycles. The molecule has 0 bridgehead atoms. The number of carbonyl (C=O) groups excluding carboxylic acids is 1. The van der Waals surface area contributed by atoms with E-state index in [0.717, 1.165) is 24.0 Å². The van der Waals surface area contributed by atoms with E-state index in [4.69, 9.17) is 10.8 Å². The molecule has 1 aliphatic rings. The maximum absolute atomic E-state index is 13.9. The summed E-state index contributed by atoms with van der Waals surface area (Å²) in [5.41, 5.74) is 3.97. The zero-order valence-electron chi connectivity index (χ0n) is 19.5. The quantitative estimate of drug-likeness (QED) is 0.310. The van der Waals surface area contributed by atoms with Crippen molar-refractivity contribution < 1.29 is 4.79 Å². The summed E-state index contributed by atoms with van der Waals surface area (Å²) in [5, 5.41) is 16.5. The Hall–Kier alpha value is -4.26. The van der Waals surface area contributed by atoms with E-state index < -0.39 is 5.56 Å². The molecule has 1 amide bonds. The van der Waals surface area contributed by atoms with Crippen LogP contribution in [0.15, 0.2) is 77.6 Å². The van der Waals surface area contributed by atoms with Gasteiger partial charge < -0.3 is 9.88 Å². The van der Waals surface area contributed by atoms with Crippen molar-refractivity contribution in [3.05, 3.63) is 111 Å². The standard InChI is InChI=1S/C28H27N5O2/c1-2-8-24(29)33-23-14-13-20(17-22(23)31-27(34)26(33)30)28(35)32-16-15-18-9-6-7-12-21(18)25(32)19-10-4-3-5-11-19/h3-7,9-14,17,25,29-30H,2,8,15-16H2,1H3,(H,31,34). The molecule has 0 spiro atoms. The van der Waals surface area contributed by atoms with Gasteiger partial charge in [0.2, 0.25) is 0 Å². The van der Waals surface area contributed by atoms with E-state index >= 15 is 0 Å². The van der Waals surface area contributed by atoms with Gasteiger partial charge in [0.1, 0.15) is 5.84 Å². The van der Waals surface area contributed by atoms with Crippen LogP contribution in [0.5, 0.6) is 0 Å². The molecule has 7 nitrogen and oxygen atoms in total. The summed E-state index contributed by atoms with van der Waals surface area (Å²) >= 11 is 0. The summed E-state index contributed by atoms with van der Waals surface area (Å²) < 4.78 is 1.36. The molecule has 176 valence electrons. The van der Waals surface area contributed by atoms with Gasteiger partial charge in [-0.3, -0.25) is 25.0 Å². The molecule has 3 N–H and O–H groups in total. The normalized spacial score (nSPS) is 15.1. The first kappa shape index (κ1) is 22.5. The highest BCUT2D eigenvalue weighted by Crippen LogP contribution is 2.36. The summed E-state index contributed by atoms with van der Waals surface area (Å²) in [4.78, 5) is 30.9. The summed E-state index contributed by atoms with van der Waals surface area (Å²) in [6.45, 7) is 2.53. The molecule has 5 rings (SSSR count). The van der Waals surface area contributed by atoms with E-state index in [2.05, 4.69) is 17.1 Å². The first-order valence-corrected chi connectivity index (χ1v) is 11.8. The van der Waals surface area contributed by atoms with Gasteiger partial charge in [-0.25, -0.2) is 0 Å². The molecule has 35 heavy (non-hydrogen) atoms. The highest BCUT2D eigenvalue weighted by molar-refractivity contribution is 5.99. The monoisotopic (exact) mass is 465 g/mol. The summed E-state index contributed by atoms with van der Waals surface area (Å²) in [6, 6.07) is 23.2. The molecule has 0 saturated heterocycles. The van der Waals surface area contributed by atoms with Crippen LogP contribution in [-0.2, 0) is 6.42 Å². The molecule has 1 aromatic heterocycles. The molecule has 2 heterocycles. The maximum atomic E-state index is 13.9. The Bertz CT molecular complexity index is 1550. The highest BCUT2D eigenvalue weighted by atomic mass is 16.2. The smallest absolute Gasteiger partial charge is 0.291 e. The maximum Gasteiger partial charge on any atom is 0.291 e. The van der Waals surface area contributed by atoms with Gasteiger partial charge in [0, 0.05) is 18.5 Å². The number of nitrogens with one attached hydrogen (secondary N) is 3. The molecule has 1 aliphatic heterocycles. The van der Waals surface area contributed by atoms with E-state index in [-0.39, 0.29) is 23.3 Å². The molecular weight excluding hydrogens is 438 g/mol. The Morgan fingerprint density at radius 2 is 1.80 bits per heavy atom. The molecule has 0 fully saturated rings. The predicted molar refractivity (Wildman–Crippen MR) is 136 cm³/mol. The van der Waals surface area contributed by atoms with Gasteiger partial charge in [-0.15, -0.1) is 0 Å². The molecule has 4 aromatic rings. The van der Waals surface area contributed by atoms with Gasteiger partial charge in [0.15, 0.2) is 5.49 Å². The van der Waals surface area contributed by atoms with Crippen molar-refractivity contribution in [2.45, 2.75) is 32.2 Å². The summed E-state index contributed by atoms with van der Waals surface area (Å²) in [7, 11) is 0. The predicted octanol–water partition coefficient (Wildman–Crippen LogP) is 4.22. The fourth-order valence-corrected chi connectivity index (χ4v) is 4.94. The number of fused-ring (bicyclic) bond motifs is 2. The minimum absolute atomic E-state index is 0.124. The van der Waals surface area contributed by atoms with Crippen LogP contribution in [0.3, 0.4) is 0 Å². The molecule has 3 aromatic carbocycles. The third-order valence-electron chi connectivity index (χ3n) is 6.59. The molecule has 0 radical (unpaired) electrons. The lowest BCUT2D eigenvalue weighted by Crippen LogP contribution is -2.41. The van der Waals surface area contributed by atoms with Crippen LogP contribution < -0.4 is 11.0 Å². The average molecular weight is 466 g/mol. The van der Waals surface area contributed by atoms with Gasteiger partial charge in [-0.2, -0.15) is 0 Å². The first-order chi connectivity index (χ1) is 17.0. The van der Waals surface area contributed by atoms with Gasteiger partial charge >= 0.3 is 0 Å². The summed E-state index contributed by atoms with van der Waals surface area (Å²) in [6.07, 6.45) is 1.95. The number of benzene rings is 3. The zero-order valence-corrected chi connectivity index (χ0v) is 19.5. The molecule has 1 atom stereocenters. The van der Waals surface area contributed by atoms with Crippen molar-refractivity contribution in [1.82, 2.24) is 14.5 Å². The lowest BCUT2D eigenvalue weighted by Gasteiger charge is -2.38. The van der Waals surface area contributed by atoms with E-state index in [1.165, 1.54) is 10.1 Å². The van der Waals surface area contributed by atoms with Crippen molar-refractivity contribution in [2.24, 2.45) is 0 Å². The van der Waals surface area contributed by atoms with Crippen LogP contribution in [0, 0.1) is 10.8 Å². The minimum Gasteiger partial charge on any atom is -0.327 e. The van der Waals surface area contributed by atoms with E-state index in [9.17, 15) is 9.59 Å². The molecular formula is C28H27N5O2. The Morgan fingerprint density at radius 3 is 2.57 bits per heavy atom. The first-order valence-electron chi connectivity index (χ1n) is 11.8. The van der Waals surface area contributed by atoms with Gasteiger partial charge in [-0.05, 0) is 47.7 Å². The van der Waals surface area contributed by atoms with Crippen LogP contribution >= 0.6 is 0 Å². The van der Waals surface area contributed by atoms with Crippen molar-refractivity contribution in [3.63, 3.8) is 0 Å². The fourth-order valence-electron chi connectivity index (χ4n) is 4.94. The zero-order chi connectivity index (χ0) is 24.5. The number of carbonyl (C=O) groups is 1. The molecule has 0 saturated carbocycles. The minimum atomic E-state index is -0.586. The van der Waals surface area contributed by atoms with Crippen LogP contribution in [0.2, 0.25) is 0 Å². The van der Waals surface area contributed by atoms with E-state index in [1.807, 2.05) is 54.3 Å². The Kier molecular flexibility index (Phi) is 5.91. The van der Waals surface area contributed by atoms with Crippen LogP contribution in [0.4, 0.5) is 0 Å². The lowest BCUT2D eigenvalue weighted by atomic mass is 9.87. The number of aromatic nitrogens is 2. The van der Waals surface area contributed by atoms with E-state index in [0.29, 0.717) is 29.6 Å². The second kappa shape index (κ2) is 9.18. The average Bonchev–Trinajstić information content (AvgIpc) is 2.88. The topological polar surface area (TPSA) is 106 Å². The second-order valence-corrected chi connectivity index (χ2v) is 8.83. The fraction of sp³-hybridized carbons (Fsp3) is 0.214. The number of amides is 1. The Labute approximate surface area is 202 Å². The molecule has 1 unspecified atom stereocenters. The summed E-state index contributed by atoms with van der Waals surface area (Å²) in [5.74, 6) is 0.0608. The van der Waals surface area contributed by atoms with Gasteiger partial charge in [0.25, 0.3) is 11.5 Å². The highest BCUT2D eigenvalue weighted by Gasteiger charge is 2.32. The SMILES string of the molecule is CCCC(=N)n1c(=N)c(=O)[nH]c2cc(C(=O)N3CCc4ccccc4C3c3ccccc3)ccc21. The van der Waals surface area contributed by atoms with Crippen LogP contribution in [0.1, 0.15) is 52.9 Å². The van der Waals surface area contributed by atoms with Crippen molar-refractivity contribution >= 4 is 22.8 Å². The van der Waals surface area contributed by atoms with Crippen molar-refractivity contribution in [1.29, 1.82) is 10.8 Å². The van der Waals surface area contributed by atoms with E-state index in [1.54, 1.807) is 18.2 Å². The second-order valence-electron chi connectivity index (χ2n) is 8.83. The number of hydrogen-bond donors (Lipinski definition) is 3. The van der Waals surface area contributed by atoms with Gasteiger partial charge in [-0.1, -0.05) is 61.5 Å². The third-order valence-corrected chi connectivity index (χ3v) is 6.59. The number of H-pyrrole nitrogens is 1. The Balaban J connectivity index is 1.60. The number of hydrogen-bond acceptors (Lipinski definition) is 4. The number of nitrogens with zero attached hydrogens (tertiary/aromatic N) is 2. The van der Waals surface area contributed by atoms with Crippen molar-refractivity contribution in [3.8, 4) is 0 Å². The Morgan fingerprint density at radius 1 is 1.06 bits per heavy atom. The molecule has 7 heteroatoms. The third kappa shape index (κ3) is 3.99. The number of rotatable bonds is 4. The van der Waals surface area contributed by atoms with Gasteiger partial charge in [0.05, 0.1) is 17.1 Å². The largest absolute Gasteiger partial charge is 0.327 e. The van der Waals surface area contributed by atoms with Crippen LogP contribution in [0.25, 0.3) is 11.0 Å². The number of aromatic amines is 1.